The fourth-order valence-electron chi connectivity index (χ4n) is 2.25. The van der Waals surface area contributed by atoms with E-state index in [1.54, 1.807) is 12.1 Å². The molecule has 1 saturated heterocycles. The first-order chi connectivity index (χ1) is 10.9. The van der Waals surface area contributed by atoms with Gasteiger partial charge in [0.15, 0.2) is 0 Å². The maximum absolute atomic E-state index is 12.2. The summed E-state index contributed by atoms with van der Waals surface area (Å²) in [6.07, 6.45) is 1.34. The second kappa shape index (κ2) is 8.02. The van der Waals surface area contributed by atoms with Gasteiger partial charge in [-0.3, -0.25) is 4.84 Å². The van der Waals surface area contributed by atoms with Crippen LogP contribution >= 0.6 is 18.2 Å². The standard InChI is InChI=1S/C14H19ClNO6P/c1-3-20-16-10-4-5-13(16)14(17)22-23(15,18)21-12-8-6-11(19-2)7-9-12/h6-9,13H,3-5,10H2,1-2H3/t13-,23?/m0/s1. The maximum atomic E-state index is 12.2. The summed E-state index contributed by atoms with van der Waals surface area (Å²) in [4.78, 5) is 17.5. The van der Waals surface area contributed by atoms with Crippen molar-refractivity contribution < 1.29 is 28.0 Å². The molecule has 23 heavy (non-hydrogen) atoms. The molecule has 1 fully saturated rings. The highest BCUT2D eigenvalue weighted by atomic mass is 35.7. The van der Waals surface area contributed by atoms with Gasteiger partial charge in [0.25, 0.3) is 0 Å². The highest BCUT2D eigenvalue weighted by Crippen LogP contribution is 2.54. The van der Waals surface area contributed by atoms with Crippen LogP contribution in [-0.2, 0) is 18.7 Å². The van der Waals surface area contributed by atoms with Crippen LogP contribution in [0.4, 0.5) is 0 Å². The van der Waals surface area contributed by atoms with Crippen LogP contribution in [0.15, 0.2) is 24.3 Å². The van der Waals surface area contributed by atoms with Gasteiger partial charge >= 0.3 is 12.9 Å². The predicted molar refractivity (Wildman–Crippen MR) is 84.5 cm³/mol. The highest BCUT2D eigenvalue weighted by molar-refractivity contribution is 7.82. The lowest BCUT2D eigenvalue weighted by atomic mass is 10.2. The Labute approximate surface area is 139 Å². The highest BCUT2D eigenvalue weighted by Gasteiger charge is 2.38. The van der Waals surface area contributed by atoms with Crippen molar-refractivity contribution in [3.63, 3.8) is 0 Å². The van der Waals surface area contributed by atoms with E-state index < -0.39 is 19.0 Å². The van der Waals surface area contributed by atoms with Crippen molar-refractivity contribution in [3.05, 3.63) is 24.3 Å². The molecular formula is C14H19ClNO6P. The normalized spacial score (nSPS) is 20.7. The van der Waals surface area contributed by atoms with Crippen molar-refractivity contribution in [1.82, 2.24) is 5.06 Å². The molecule has 1 aromatic carbocycles. The van der Waals surface area contributed by atoms with Gasteiger partial charge in [-0.25, -0.2) is 9.36 Å². The van der Waals surface area contributed by atoms with Crippen molar-refractivity contribution in [1.29, 1.82) is 0 Å². The summed E-state index contributed by atoms with van der Waals surface area (Å²) in [6, 6.07) is 5.64. The van der Waals surface area contributed by atoms with Crippen LogP contribution in [-0.4, -0.2) is 37.3 Å². The molecule has 2 rings (SSSR count). The van der Waals surface area contributed by atoms with Crippen molar-refractivity contribution in [2.75, 3.05) is 20.3 Å². The minimum atomic E-state index is -4.09. The molecule has 0 N–H and O–H groups in total. The summed E-state index contributed by atoms with van der Waals surface area (Å²) in [5.41, 5.74) is 0. The summed E-state index contributed by atoms with van der Waals surface area (Å²) in [7, 11) is 1.52. The summed E-state index contributed by atoms with van der Waals surface area (Å²) < 4.78 is 27.1. The third-order valence-electron chi connectivity index (χ3n) is 3.24. The topological polar surface area (TPSA) is 74.3 Å². The smallest absolute Gasteiger partial charge is 0.497 e. The molecule has 0 aromatic heterocycles. The number of rotatable bonds is 7. The van der Waals surface area contributed by atoms with Crippen molar-refractivity contribution in [2.24, 2.45) is 0 Å². The third kappa shape index (κ3) is 5.11. The second-order valence-electron chi connectivity index (χ2n) is 4.82. The molecule has 128 valence electrons. The van der Waals surface area contributed by atoms with E-state index in [4.69, 9.17) is 29.9 Å². The molecule has 2 atom stereocenters. The number of nitrogens with zero attached hydrogens (tertiary/aromatic N) is 1. The molecule has 0 bridgehead atoms. The van der Waals surface area contributed by atoms with Crippen LogP contribution in [0.2, 0.25) is 0 Å². The van der Waals surface area contributed by atoms with Gasteiger partial charge in [0.2, 0.25) is 0 Å². The van der Waals surface area contributed by atoms with E-state index in [2.05, 4.69) is 0 Å². The average Bonchev–Trinajstić information content (AvgIpc) is 2.96. The number of halogens is 1. The van der Waals surface area contributed by atoms with Gasteiger partial charge in [0.1, 0.15) is 17.5 Å². The molecule has 1 aromatic rings. The van der Waals surface area contributed by atoms with Gasteiger partial charge < -0.3 is 13.8 Å². The van der Waals surface area contributed by atoms with Crippen LogP contribution in [0.1, 0.15) is 19.8 Å². The molecule has 1 aliphatic heterocycles. The minimum absolute atomic E-state index is 0.213. The average molecular weight is 364 g/mol. The summed E-state index contributed by atoms with van der Waals surface area (Å²) in [6.45, 7) is -1.23. The van der Waals surface area contributed by atoms with E-state index in [1.165, 1.54) is 24.3 Å². The van der Waals surface area contributed by atoms with E-state index in [0.29, 0.717) is 25.3 Å². The SMILES string of the molecule is CCON1CCC[C@H]1C(=O)OP(=O)(Cl)Oc1ccc(OC)cc1. The molecule has 0 radical (unpaired) electrons. The first kappa shape index (κ1) is 18.1. The molecule has 1 heterocycles. The minimum Gasteiger partial charge on any atom is -0.497 e. The Bertz CT molecular complexity index is 581. The monoisotopic (exact) mass is 363 g/mol. The lowest BCUT2D eigenvalue weighted by Crippen LogP contribution is -2.36. The number of carbonyl (C=O) groups excluding carboxylic acids is 1. The Morgan fingerprint density at radius 1 is 1.35 bits per heavy atom. The van der Waals surface area contributed by atoms with Gasteiger partial charge in [-0.2, -0.15) is 5.06 Å². The van der Waals surface area contributed by atoms with Gasteiger partial charge in [-0.05, 0) is 44.0 Å². The number of ether oxygens (including phenoxy) is 1. The Morgan fingerprint density at radius 3 is 2.61 bits per heavy atom. The van der Waals surface area contributed by atoms with Crippen molar-refractivity contribution in [3.8, 4) is 11.5 Å². The molecule has 0 spiro atoms. The Balaban J connectivity index is 1.96. The molecule has 0 amide bonds. The van der Waals surface area contributed by atoms with Crippen LogP contribution in [0.3, 0.4) is 0 Å². The first-order valence-corrected chi connectivity index (χ1v) is 9.66. The number of carbonyl (C=O) groups is 1. The quantitative estimate of drug-likeness (QED) is 0.687. The van der Waals surface area contributed by atoms with Crippen LogP contribution in [0.5, 0.6) is 11.5 Å². The molecule has 7 nitrogen and oxygen atoms in total. The Hall–Kier alpha value is -1.27. The molecule has 1 aliphatic rings. The van der Waals surface area contributed by atoms with E-state index in [-0.39, 0.29) is 5.75 Å². The summed E-state index contributed by atoms with van der Waals surface area (Å²) in [5.74, 6) is 0.102. The van der Waals surface area contributed by atoms with E-state index in [9.17, 15) is 9.36 Å². The largest absolute Gasteiger partial charge is 0.532 e. The third-order valence-corrected chi connectivity index (χ3v) is 4.48. The summed E-state index contributed by atoms with van der Waals surface area (Å²) >= 11 is 5.74. The van der Waals surface area contributed by atoms with Crippen molar-refractivity contribution in [2.45, 2.75) is 25.8 Å². The van der Waals surface area contributed by atoms with Crippen LogP contribution < -0.4 is 9.26 Å². The Morgan fingerprint density at radius 2 is 2.00 bits per heavy atom. The first-order valence-electron chi connectivity index (χ1n) is 7.21. The number of methoxy groups -OCH3 is 1. The fourth-order valence-corrected chi connectivity index (χ4v) is 3.44. The molecule has 0 saturated carbocycles. The lowest BCUT2D eigenvalue weighted by molar-refractivity contribution is -0.181. The van der Waals surface area contributed by atoms with Gasteiger partial charge in [-0.1, -0.05) is 0 Å². The summed E-state index contributed by atoms with van der Waals surface area (Å²) in [5, 5.41) is 1.52. The van der Waals surface area contributed by atoms with E-state index in [1.807, 2.05) is 6.92 Å². The van der Waals surface area contributed by atoms with Crippen molar-refractivity contribution >= 4 is 24.2 Å². The molecular weight excluding hydrogens is 345 g/mol. The number of benzene rings is 1. The van der Waals surface area contributed by atoms with Gasteiger partial charge in [0, 0.05) is 17.8 Å². The number of hydrogen-bond donors (Lipinski definition) is 0. The van der Waals surface area contributed by atoms with Crippen LogP contribution in [0, 0.1) is 0 Å². The zero-order chi connectivity index (χ0) is 16.9. The van der Waals surface area contributed by atoms with Crippen LogP contribution in [0.25, 0.3) is 0 Å². The zero-order valence-electron chi connectivity index (χ0n) is 12.9. The Kier molecular flexibility index (Phi) is 6.30. The molecule has 1 unspecified atom stereocenters. The number of hydroxylamine groups is 2. The molecule has 0 aliphatic carbocycles. The second-order valence-corrected chi connectivity index (χ2v) is 7.29. The lowest BCUT2D eigenvalue weighted by Gasteiger charge is -2.22. The molecule has 9 heteroatoms. The predicted octanol–water partition coefficient (Wildman–Crippen LogP) is 3.38. The van der Waals surface area contributed by atoms with Gasteiger partial charge in [-0.15, -0.1) is 0 Å². The fraction of sp³-hybridized carbons (Fsp3) is 0.500. The van der Waals surface area contributed by atoms with E-state index >= 15 is 0 Å². The van der Waals surface area contributed by atoms with E-state index in [0.717, 1.165) is 6.42 Å². The number of hydrogen-bond acceptors (Lipinski definition) is 7. The van der Waals surface area contributed by atoms with Gasteiger partial charge in [0.05, 0.1) is 13.7 Å². The maximum Gasteiger partial charge on any atom is 0.532 e. The zero-order valence-corrected chi connectivity index (χ0v) is 14.6.